The van der Waals surface area contributed by atoms with E-state index in [9.17, 15) is 9.59 Å². The number of amides is 3. The van der Waals surface area contributed by atoms with Gasteiger partial charge in [-0.25, -0.2) is 9.80 Å². The summed E-state index contributed by atoms with van der Waals surface area (Å²) in [7, 11) is 3.93. The minimum Gasteiger partial charge on any atom is -0.313 e. The van der Waals surface area contributed by atoms with Crippen LogP contribution in [0.1, 0.15) is 6.42 Å². The van der Waals surface area contributed by atoms with E-state index < -0.39 is 18.1 Å². The molecule has 1 fully saturated rings. The molecular weight excluding hydrogens is 198 g/mol. The van der Waals surface area contributed by atoms with Crippen LogP contribution in [0, 0.1) is 0 Å². The molecule has 3 amide bonds. The predicted molar refractivity (Wildman–Crippen MR) is 54.5 cm³/mol. The Morgan fingerprint density at radius 3 is 2.47 bits per heavy atom. The van der Waals surface area contributed by atoms with Crippen LogP contribution in [0.4, 0.5) is 4.79 Å². The summed E-state index contributed by atoms with van der Waals surface area (Å²) in [5, 5.41) is 5.89. The van der Waals surface area contributed by atoms with Crippen molar-refractivity contribution >= 4 is 11.9 Å². The fourth-order valence-electron chi connectivity index (χ4n) is 1.34. The Hall–Kier alpha value is -1.18. The van der Waals surface area contributed by atoms with Crippen molar-refractivity contribution in [3.05, 3.63) is 0 Å². The van der Waals surface area contributed by atoms with Crippen LogP contribution in [0.15, 0.2) is 0 Å². The van der Waals surface area contributed by atoms with E-state index in [0.717, 1.165) is 13.0 Å². The number of nitrogens with two attached hydrogens (primary N) is 1. The molecule has 7 heteroatoms. The fraction of sp³-hybridized carbons (Fsp3) is 0.750. The second kappa shape index (κ2) is 5.06. The molecule has 4 N–H and O–H groups in total. The number of hydrogen-bond acceptors (Lipinski definition) is 5. The molecule has 1 atom stereocenters. The quantitative estimate of drug-likeness (QED) is 0.288. The third kappa shape index (κ3) is 3.46. The molecule has 1 heterocycles. The Balaban J connectivity index is 2.30. The topological polar surface area (TPSA) is 90.7 Å². The molecule has 1 aliphatic rings. The van der Waals surface area contributed by atoms with Gasteiger partial charge in [-0.1, -0.05) is 0 Å². The molecule has 86 valence electrons. The van der Waals surface area contributed by atoms with E-state index in [1.807, 2.05) is 19.0 Å². The average Bonchev–Trinajstić information content (AvgIpc) is 2.44. The molecule has 1 saturated heterocycles. The Kier molecular flexibility index (Phi) is 4.01. The number of rotatable bonds is 5. The molecule has 1 rings (SSSR count). The van der Waals surface area contributed by atoms with Gasteiger partial charge in [-0.3, -0.25) is 16.0 Å². The van der Waals surface area contributed by atoms with Crippen LogP contribution in [-0.2, 0) is 4.79 Å². The summed E-state index contributed by atoms with van der Waals surface area (Å²) in [6.45, 7) is 1.44. The van der Waals surface area contributed by atoms with Crippen LogP contribution in [0.2, 0.25) is 0 Å². The normalized spacial score (nSPS) is 21.0. The second-order valence-corrected chi connectivity index (χ2v) is 3.76. The van der Waals surface area contributed by atoms with E-state index in [2.05, 4.69) is 10.6 Å². The number of hydrazine groups is 1. The third-order valence-corrected chi connectivity index (χ3v) is 2.11. The maximum absolute atomic E-state index is 11.2. The van der Waals surface area contributed by atoms with Crippen molar-refractivity contribution in [1.29, 1.82) is 0 Å². The molecule has 0 radical (unpaired) electrons. The number of imide groups is 1. The zero-order valence-electron chi connectivity index (χ0n) is 8.99. The van der Waals surface area contributed by atoms with Crippen molar-refractivity contribution < 1.29 is 9.59 Å². The van der Waals surface area contributed by atoms with Crippen molar-refractivity contribution in [2.45, 2.75) is 12.6 Å². The molecule has 0 aromatic rings. The Bertz CT molecular complexity index is 255. The minimum absolute atomic E-state index is 0.396. The molecule has 0 saturated carbocycles. The van der Waals surface area contributed by atoms with E-state index in [1.54, 1.807) is 0 Å². The third-order valence-electron chi connectivity index (χ3n) is 2.11. The van der Waals surface area contributed by atoms with E-state index in [1.165, 1.54) is 5.01 Å². The van der Waals surface area contributed by atoms with Gasteiger partial charge in [0.2, 0.25) is 0 Å². The summed E-state index contributed by atoms with van der Waals surface area (Å²) in [5.74, 6) is 5.26. The molecule has 0 bridgehead atoms. The number of carbonyl (C=O) groups excluding carboxylic acids is 2. The summed E-state index contributed by atoms with van der Waals surface area (Å²) in [4.78, 5) is 24.0. The lowest BCUT2D eigenvalue weighted by molar-refractivity contribution is -0.124. The Labute approximate surface area is 88.5 Å². The van der Waals surface area contributed by atoms with Crippen molar-refractivity contribution in [3.8, 4) is 0 Å². The highest BCUT2D eigenvalue weighted by Crippen LogP contribution is 1.98. The van der Waals surface area contributed by atoms with E-state index in [-0.39, 0.29) is 0 Å². The first-order chi connectivity index (χ1) is 7.00. The summed E-state index contributed by atoms with van der Waals surface area (Å²) in [6.07, 6.45) is 0.100. The van der Waals surface area contributed by atoms with Gasteiger partial charge in [0.1, 0.15) is 0 Å². The van der Waals surface area contributed by atoms with Crippen LogP contribution in [0.5, 0.6) is 0 Å². The number of nitrogens with zero attached hydrogens (tertiary/aromatic N) is 2. The highest BCUT2D eigenvalue weighted by atomic mass is 16.2. The largest absolute Gasteiger partial charge is 0.323 e. The SMILES string of the molecule is CN(C)CCCN(N)C1NC(=O)NC1=O. The van der Waals surface area contributed by atoms with Gasteiger partial charge in [0, 0.05) is 6.54 Å². The highest BCUT2D eigenvalue weighted by Gasteiger charge is 2.32. The maximum atomic E-state index is 11.2. The van der Waals surface area contributed by atoms with Gasteiger partial charge >= 0.3 is 6.03 Å². The number of urea groups is 1. The molecule has 0 aromatic heterocycles. The Morgan fingerprint density at radius 1 is 1.33 bits per heavy atom. The molecule has 7 nitrogen and oxygen atoms in total. The monoisotopic (exact) mass is 215 g/mol. The highest BCUT2D eigenvalue weighted by molar-refractivity contribution is 6.03. The van der Waals surface area contributed by atoms with Crippen LogP contribution in [0.25, 0.3) is 0 Å². The molecule has 1 aliphatic heterocycles. The lowest BCUT2D eigenvalue weighted by Crippen LogP contribution is -2.51. The van der Waals surface area contributed by atoms with Crippen molar-refractivity contribution in [3.63, 3.8) is 0 Å². The van der Waals surface area contributed by atoms with E-state index in [4.69, 9.17) is 5.84 Å². The molecule has 0 aromatic carbocycles. The minimum atomic E-state index is -0.736. The van der Waals surface area contributed by atoms with Crippen molar-refractivity contribution in [2.24, 2.45) is 5.84 Å². The standard InChI is InChI=1S/C8H17N5O2/c1-12(2)4-3-5-13(9)6-7(14)11-8(15)10-6/h6H,3-5,9H2,1-2H3,(H2,10,11,14,15). The van der Waals surface area contributed by atoms with Crippen LogP contribution >= 0.6 is 0 Å². The Morgan fingerprint density at radius 2 is 2.00 bits per heavy atom. The smallest absolute Gasteiger partial charge is 0.313 e. The number of hydrogen-bond donors (Lipinski definition) is 3. The van der Waals surface area contributed by atoms with Gasteiger partial charge in [0.15, 0.2) is 6.17 Å². The van der Waals surface area contributed by atoms with Gasteiger partial charge in [-0.2, -0.15) is 0 Å². The summed E-state index contributed by atoms with van der Waals surface area (Å²) >= 11 is 0. The van der Waals surface area contributed by atoms with Crippen LogP contribution in [-0.4, -0.2) is 55.2 Å². The van der Waals surface area contributed by atoms with Gasteiger partial charge in [0.05, 0.1) is 0 Å². The maximum Gasteiger partial charge on any atom is 0.323 e. The first-order valence-corrected chi connectivity index (χ1v) is 4.78. The predicted octanol–water partition coefficient (Wildman–Crippen LogP) is -1.72. The summed E-state index contributed by atoms with van der Waals surface area (Å²) < 4.78 is 0. The molecule has 0 aliphatic carbocycles. The molecular formula is C8H17N5O2. The zero-order valence-corrected chi connectivity index (χ0v) is 8.99. The van der Waals surface area contributed by atoms with E-state index >= 15 is 0 Å². The fourth-order valence-corrected chi connectivity index (χ4v) is 1.34. The second-order valence-electron chi connectivity index (χ2n) is 3.76. The lowest BCUT2D eigenvalue weighted by atomic mass is 10.3. The lowest BCUT2D eigenvalue weighted by Gasteiger charge is -2.21. The first-order valence-electron chi connectivity index (χ1n) is 4.78. The van der Waals surface area contributed by atoms with Crippen molar-refractivity contribution in [2.75, 3.05) is 27.2 Å². The van der Waals surface area contributed by atoms with Crippen LogP contribution < -0.4 is 16.5 Å². The molecule has 0 spiro atoms. The van der Waals surface area contributed by atoms with E-state index in [0.29, 0.717) is 6.54 Å². The summed E-state index contributed by atoms with van der Waals surface area (Å²) in [6, 6.07) is -0.493. The van der Waals surface area contributed by atoms with Crippen molar-refractivity contribution in [1.82, 2.24) is 20.5 Å². The van der Waals surface area contributed by atoms with Crippen LogP contribution in [0.3, 0.4) is 0 Å². The average molecular weight is 215 g/mol. The van der Waals surface area contributed by atoms with Gasteiger partial charge in [0.25, 0.3) is 5.91 Å². The zero-order chi connectivity index (χ0) is 11.4. The van der Waals surface area contributed by atoms with Gasteiger partial charge in [-0.05, 0) is 27.1 Å². The number of carbonyl (C=O) groups is 2. The molecule has 1 unspecified atom stereocenters. The molecule has 15 heavy (non-hydrogen) atoms. The first kappa shape index (κ1) is 11.9. The number of nitrogens with one attached hydrogen (secondary N) is 2. The van der Waals surface area contributed by atoms with Gasteiger partial charge in [-0.15, -0.1) is 0 Å². The van der Waals surface area contributed by atoms with Gasteiger partial charge < -0.3 is 10.2 Å². The summed E-state index contributed by atoms with van der Waals surface area (Å²) in [5.41, 5.74) is 0.